The molecular formula is C22H20ClN3O4. The van der Waals surface area contributed by atoms with Crippen LogP contribution in [0.3, 0.4) is 0 Å². The van der Waals surface area contributed by atoms with E-state index in [4.69, 9.17) is 20.8 Å². The van der Waals surface area contributed by atoms with Gasteiger partial charge in [0.25, 0.3) is 5.91 Å². The topological polar surface area (TPSA) is 92.9 Å². The number of nitrogens with one attached hydrogen (secondary N) is 2. The molecule has 3 rings (SSSR count). The van der Waals surface area contributed by atoms with Crippen LogP contribution < -0.4 is 15.5 Å². The molecule has 0 fully saturated rings. The number of rotatable bonds is 7. The molecule has 0 spiro atoms. The van der Waals surface area contributed by atoms with E-state index >= 15 is 0 Å². The summed E-state index contributed by atoms with van der Waals surface area (Å²) in [4.78, 5) is 23.1. The minimum atomic E-state index is -0.384. The number of nitrogens with zero attached hydrogens (tertiary/aromatic N) is 1. The quantitative estimate of drug-likeness (QED) is 0.429. The number of furan rings is 1. The second-order valence-corrected chi connectivity index (χ2v) is 6.84. The molecule has 8 heteroatoms. The summed E-state index contributed by atoms with van der Waals surface area (Å²) in [7, 11) is 0. The summed E-state index contributed by atoms with van der Waals surface area (Å²) in [6, 6.07) is 15.5. The molecule has 1 aromatic heterocycles. The van der Waals surface area contributed by atoms with Crippen LogP contribution in [0.5, 0.6) is 5.75 Å². The third-order valence-electron chi connectivity index (χ3n) is 4.03. The Bertz CT molecular complexity index is 1050. The molecule has 0 aliphatic carbocycles. The Hall–Kier alpha value is -3.58. The minimum absolute atomic E-state index is 0.179. The number of hydrogen-bond donors (Lipinski definition) is 2. The number of para-hydroxylation sites is 1. The van der Waals surface area contributed by atoms with Crippen molar-refractivity contribution in [2.45, 2.75) is 20.5 Å². The van der Waals surface area contributed by atoms with E-state index in [1.165, 1.54) is 13.1 Å². The van der Waals surface area contributed by atoms with E-state index in [1.54, 1.807) is 42.5 Å². The average molecular weight is 426 g/mol. The SMILES string of the molecule is CC(=O)Nc1ccc(C(=O)N/N=C/c2ccc(COc3c(C)cccc3Cl)o2)cc1. The molecule has 0 atom stereocenters. The Morgan fingerprint density at radius 3 is 2.60 bits per heavy atom. The predicted molar refractivity (Wildman–Crippen MR) is 115 cm³/mol. The van der Waals surface area contributed by atoms with Gasteiger partial charge in [-0.1, -0.05) is 23.7 Å². The molecule has 2 aromatic carbocycles. The number of amides is 2. The van der Waals surface area contributed by atoms with Crippen molar-refractivity contribution in [1.82, 2.24) is 5.43 Å². The third kappa shape index (κ3) is 5.71. The molecule has 154 valence electrons. The lowest BCUT2D eigenvalue weighted by molar-refractivity contribution is -0.114. The Labute approximate surface area is 178 Å². The number of halogens is 1. The predicted octanol–water partition coefficient (Wildman–Crippen LogP) is 4.54. The standard InChI is InChI=1S/C22H20ClN3O4/c1-14-4-3-5-20(23)21(14)29-13-19-11-10-18(30-19)12-24-26-22(28)16-6-8-17(9-7-16)25-15(2)27/h3-12H,13H2,1-2H3,(H,25,27)(H,26,28)/b24-12+. The first-order chi connectivity index (χ1) is 14.4. The summed E-state index contributed by atoms with van der Waals surface area (Å²) in [5.74, 6) is 1.11. The third-order valence-corrected chi connectivity index (χ3v) is 4.33. The summed E-state index contributed by atoms with van der Waals surface area (Å²) < 4.78 is 11.4. The van der Waals surface area contributed by atoms with E-state index in [9.17, 15) is 9.59 Å². The molecule has 0 aliphatic rings. The van der Waals surface area contributed by atoms with Crippen LogP contribution in [0.1, 0.15) is 34.4 Å². The maximum atomic E-state index is 12.1. The fourth-order valence-corrected chi connectivity index (χ4v) is 2.89. The molecule has 0 aliphatic heterocycles. The van der Waals surface area contributed by atoms with Crippen LogP contribution in [0, 0.1) is 6.92 Å². The maximum Gasteiger partial charge on any atom is 0.271 e. The highest BCUT2D eigenvalue weighted by atomic mass is 35.5. The van der Waals surface area contributed by atoms with Gasteiger partial charge in [-0.05, 0) is 55.0 Å². The summed E-state index contributed by atoms with van der Waals surface area (Å²) in [5.41, 5.74) is 4.38. The second-order valence-electron chi connectivity index (χ2n) is 6.44. The number of anilines is 1. The van der Waals surface area contributed by atoms with E-state index in [1.807, 2.05) is 19.1 Å². The van der Waals surface area contributed by atoms with Crippen molar-refractivity contribution in [1.29, 1.82) is 0 Å². The zero-order valence-corrected chi connectivity index (χ0v) is 17.2. The maximum absolute atomic E-state index is 12.1. The fourth-order valence-electron chi connectivity index (χ4n) is 2.61. The van der Waals surface area contributed by atoms with Crippen molar-refractivity contribution in [3.8, 4) is 5.75 Å². The van der Waals surface area contributed by atoms with Crippen molar-refractivity contribution in [2.24, 2.45) is 5.10 Å². The van der Waals surface area contributed by atoms with Gasteiger partial charge in [0.15, 0.2) is 0 Å². The molecule has 2 amide bonds. The van der Waals surface area contributed by atoms with Crippen LogP contribution in [0.4, 0.5) is 5.69 Å². The molecule has 1 heterocycles. The number of benzene rings is 2. The van der Waals surface area contributed by atoms with Crippen molar-refractivity contribution < 1.29 is 18.7 Å². The van der Waals surface area contributed by atoms with Crippen LogP contribution in [-0.2, 0) is 11.4 Å². The Kier molecular flexibility index (Phi) is 6.87. The van der Waals surface area contributed by atoms with Gasteiger partial charge in [0.05, 0.1) is 11.2 Å². The van der Waals surface area contributed by atoms with Crippen molar-refractivity contribution in [3.63, 3.8) is 0 Å². The molecule has 2 N–H and O–H groups in total. The Morgan fingerprint density at radius 2 is 1.90 bits per heavy atom. The molecule has 0 saturated carbocycles. The van der Waals surface area contributed by atoms with Crippen molar-refractivity contribution in [3.05, 3.63) is 82.3 Å². The molecule has 30 heavy (non-hydrogen) atoms. The average Bonchev–Trinajstić information content (AvgIpc) is 3.15. The van der Waals surface area contributed by atoms with E-state index in [2.05, 4.69) is 15.8 Å². The van der Waals surface area contributed by atoms with Gasteiger partial charge in [0, 0.05) is 18.2 Å². The lowest BCUT2D eigenvalue weighted by Crippen LogP contribution is -2.17. The first kappa shape index (κ1) is 21.1. The highest BCUT2D eigenvalue weighted by Crippen LogP contribution is 2.28. The largest absolute Gasteiger partial charge is 0.484 e. The van der Waals surface area contributed by atoms with E-state index in [0.29, 0.717) is 33.5 Å². The van der Waals surface area contributed by atoms with Gasteiger partial charge in [-0.15, -0.1) is 0 Å². The Balaban J connectivity index is 1.53. The summed E-state index contributed by atoms with van der Waals surface area (Å²) in [6.07, 6.45) is 1.40. The van der Waals surface area contributed by atoms with Gasteiger partial charge >= 0.3 is 0 Å². The number of hydrazone groups is 1. The monoisotopic (exact) mass is 425 g/mol. The molecular weight excluding hydrogens is 406 g/mol. The van der Waals surface area contributed by atoms with E-state index in [0.717, 1.165) is 5.56 Å². The highest BCUT2D eigenvalue weighted by Gasteiger charge is 2.08. The van der Waals surface area contributed by atoms with Gasteiger partial charge in [-0.3, -0.25) is 9.59 Å². The molecule has 0 saturated heterocycles. The van der Waals surface area contributed by atoms with Crippen LogP contribution in [-0.4, -0.2) is 18.0 Å². The van der Waals surface area contributed by atoms with Crippen molar-refractivity contribution >= 4 is 35.3 Å². The normalized spacial score (nSPS) is 10.8. The minimum Gasteiger partial charge on any atom is -0.484 e. The molecule has 7 nitrogen and oxygen atoms in total. The number of carbonyl (C=O) groups excluding carboxylic acids is 2. The molecule has 0 radical (unpaired) electrons. The first-order valence-electron chi connectivity index (χ1n) is 9.10. The van der Waals surface area contributed by atoms with Crippen LogP contribution in [0.15, 0.2) is 64.1 Å². The molecule has 0 bridgehead atoms. The van der Waals surface area contributed by atoms with Gasteiger partial charge < -0.3 is 14.5 Å². The molecule has 3 aromatic rings. The lowest BCUT2D eigenvalue weighted by atomic mass is 10.2. The van der Waals surface area contributed by atoms with E-state index < -0.39 is 0 Å². The van der Waals surface area contributed by atoms with Gasteiger partial charge in [-0.2, -0.15) is 5.10 Å². The van der Waals surface area contributed by atoms with Crippen LogP contribution in [0.2, 0.25) is 5.02 Å². The summed E-state index contributed by atoms with van der Waals surface area (Å²) in [6.45, 7) is 3.54. The zero-order chi connectivity index (χ0) is 21.5. The van der Waals surface area contributed by atoms with Crippen LogP contribution >= 0.6 is 11.6 Å². The second kappa shape index (κ2) is 9.76. The number of hydrogen-bond acceptors (Lipinski definition) is 5. The van der Waals surface area contributed by atoms with Gasteiger partial charge in [0.1, 0.15) is 23.9 Å². The first-order valence-corrected chi connectivity index (χ1v) is 9.48. The lowest BCUT2D eigenvalue weighted by Gasteiger charge is -2.09. The Morgan fingerprint density at radius 1 is 1.13 bits per heavy atom. The summed E-state index contributed by atoms with van der Waals surface area (Å²) >= 11 is 6.14. The van der Waals surface area contributed by atoms with E-state index in [-0.39, 0.29) is 18.4 Å². The zero-order valence-electron chi connectivity index (χ0n) is 16.4. The number of aryl methyl sites for hydroxylation is 1. The number of ether oxygens (including phenoxy) is 1. The summed E-state index contributed by atoms with van der Waals surface area (Å²) in [5, 5.41) is 7.07. The number of carbonyl (C=O) groups is 2. The van der Waals surface area contributed by atoms with Crippen molar-refractivity contribution in [2.75, 3.05) is 5.32 Å². The molecule has 0 unspecified atom stereocenters. The van der Waals surface area contributed by atoms with Gasteiger partial charge in [0.2, 0.25) is 5.91 Å². The van der Waals surface area contributed by atoms with Gasteiger partial charge in [-0.25, -0.2) is 5.43 Å². The fraction of sp³-hybridized carbons (Fsp3) is 0.136. The van der Waals surface area contributed by atoms with Crippen LogP contribution in [0.25, 0.3) is 0 Å². The highest BCUT2D eigenvalue weighted by molar-refractivity contribution is 6.32. The smallest absolute Gasteiger partial charge is 0.271 e.